The van der Waals surface area contributed by atoms with E-state index < -0.39 is 5.60 Å². The number of carbonyl (C=O) groups is 1. The summed E-state index contributed by atoms with van der Waals surface area (Å²) in [5, 5.41) is 3.09. The second kappa shape index (κ2) is 7.22. The zero-order valence-electron chi connectivity index (χ0n) is 12.9. The molecule has 4 nitrogen and oxygen atoms in total. The Hall–Kier alpha value is -0.450. The molecular formula is C14H29NO3. The van der Waals surface area contributed by atoms with E-state index in [9.17, 15) is 4.79 Å². The molecule has 4 heteroatoms. The number of ketones is 1. The highest BCUT2D eigenvalue weighted by Gasteiger charge is 2.36. The Labute approximate surface area is 111 Å². The topological polar surface area (TPSA) is 47.6 Å². The highest BCUT2D eigenvalue weighted by Crippen LogP contribution is 2.28. The van der Waals surface area contributed by atoms with Gasteiger partial charge >= 0.3 is 0 Å². The molecule has 0 aromatic carbocycles. The van der Waals surface area contributed by atoms with E-state index in [2.05, 4.69) is 26.1 Å². The van der Waals surface area contributed by atoms with Crippen molar-refractivity contribution in [3.8, 4) is 0 Å². The van der Waals surface area contributed by atoms with Gasteiger partial charge in [-0.05, 0) is 32.7 Å². The minimum absolute atomic E-state index is 0.0399. The summed E-state index contributed by atoms with van der Waals surface area (Å²) < 4.78 is 10.4. The van der Waals surface area contributed by atoms with Crippen LogP contribution in [0.2, 0.25) is 0 Å². The molecule has 0 amide bonds. The van der Waals surface area contributed by atoms with Crippen molar-refractivity contribution in [1.82, 2.24) is 5.32 Å². The highest BCUT2D eigenvalue weighted by molar-refractivity contribution is 5.88. The molecule has 0 aromatic heterocycles. The van der Waals surface area contributed by atoms with Gasteiger partial charge in [0.15, 0.2) is 5.78 Å². The highest BCUT2D eigenvalue weighted by atomic mass is 16.7. The van der Waals surface area contributed by atoms with Crippen LogP contribution in [0.1, 0.15) is 41.0 Å². The third kappa shape index (κ3) is 6.47. The van der Waals surface area contributed by atoms with Crippen molar-refractivity contribution >= 4 is 5.78 Å². The van der Waals surface area contributed by atoms with E-state index in [1.807, 2.05) is 7.05 Å². The lowest BCUT2D eigenvalue weighted by molar-refractivity contribution is -0.160. The van der Waals surface area contributed by atoms with E-state index in [1.54, 1.807) is 21.0 Å². The molecule has 0 aromatic rings. The van der Waals surface area contributed by atoms with Gasteiger partial charge in [-0.25, -0.2) is 0 Å². The lowest BCUT2D eigenvalue weighted by Crippen LogP contribution is -2.44. The number of carbonyl (C=O) groups excluding carboxylic acids is 1. The average molecular weight is 259 g/mol. The molecule has 0 spiro atoms. The maximum absolute atomic E-state index is 12.5. The van der Waals surface area contributed by atoms with Crippen molar-refractivity contribution in [1.29, 1.82) is 0 Å². The molecule has 1 unspecified atom stereocenters. The average Bonchev–Trinajstić information content (AvgIpc) is 2.23. The molecule has 0 aliphatic rings. The van der Waals surface area contributed by atoms with Gasteiger partial charge in [-0.1, -0.05) is 20.8 Å². The molecule has 0 rings (SSSR count). The maximum atomic E-state index is 12.5. The standard InChI is InChI=1S/C14H29NO3/c1-13(2,3)8-11(9-15-6)12(16)14(4,5)18-10-17-7/h11,15H,8-10H2,1-7H3. The van der Waals surface area contributed by atoms with Gasteiger partial charge in [0.25, 0.3) is 0 Å². The van der Waals surface area contributed by atoms with Crippen LogP contribution in [0.4, 0.5) is 0 Å². The van der Waals surface area contributed by atoms with Gasteiger partial charge < -0.3 is 14.8 Å². The molecule has 0 radical (unpaired) electrons. The quantitative estimate of drug-likeness (QED) is 0.679. The van der Waals surface area contributed by atoms with Crippen molar-refractivity contribution in [3.63, 3.8) is 0 Å². The molecule has 0 saturated heterocycles. The number of ether oxygens (including phenoxy) is 2. The SMILES string of the molecule is CNCC(CC(C)(C)C)C(=O)C(C)(C)OCOC. The van der Waals surface area contributed by atoms with Gasteiger partial charge in [0, 0.05) is 19.6 Å². The predicted molar refractivity (Wildman–Crippen MR) is 73.5 cm³/mol. The van der Waals surface area contributed by atoms with E-state index in [0.717, 1.165) is 6.42 Å². The Kier molecular flexibility index (Phi) is 7.04. The Morgan fingerprint density at radius 1 is 1.22 bits per heavy atom. The number of Topliss-reactive ketones (excluding diaryl/α,β-unsaturated/α-hetero) is 1. The number of rotatable bonds is 8. The molecule has 0 fully saturated rings. The zero-order chi connectivity index (χ0) is 14.4. The fourth-order valence-electron chi connectivity index (χ4n) is 2.01. The van der Waals surface area contributed by atoms with Crippen molar-refractivity contribution in [3.05, 3.63) is 0 Å². The van der Waals surface area contributed by atoms with Crippen LogP contribution in [-0.4, -0.2) is 38.9 Å². The third-order valence-corrected chi connectivity index (χ3v) is 2.81. The van der Waals surface area contributed by atoms with Crippen LogP contribution < -0.4 is 5.32 Å². The molecular weight excluding hydrogens is 230 g/mol. The molecule has 1 N–H and O–H groups in total. The van der Waals surface area contributed by atoms with Crippen LogP contribution in [0.25, 0.3) is 0 Å². The van der Waals surface area contributed by atoms with Crippen LogP contribution >= 0.6 is 0 Å². The Bertz CT molecular complexity index is 256. The summed E-state index contributed by atoms with van der Waals surface area (Å²) in [6.07, 6.45) is 0.840. The number of hydrogen-bond acceptors (Lipinski definition) is 4. The van der Waals surface area contributed by atoms with Gasteiger partial charge in [-0.3, -0.25) is 4.79 Å². The van der Waals surface area contributed by atoms with E-state index in [-0.39, 0.29) is 23.9 Å². The van der Waals surface area contributed by atoms with Crippen molar-refractivity contribution in [2.45, 2.75) is 46.6 Å². The smallest absolute Gasteiger partial charge is 0.168 e. The lowest BCUT2D eigenvalue weighted by Gasteiger charge is -2.31. The summed E-state index contributed by atoms with van der Waals surface area (Å²) in [4.78, 5) is 12.5. The molecule has 0 aliphatic heterocycles. The summed E-state index contributed by atoms with van der Waals surface area (Å²) in [5.74, 6) is 0.0886. The second-order valence-corrected chi connectivity index (χ2v) is 6.44. The largest absolute Gasteiger partial charge is 0.359 e. The number of nitrogens with one attached hydrogen (secondary N) is 1. The Balaban J connectivity index is 4.73. The molecule has 0 bridgehead atoms. The summed E-state index contributed by atoms with van der Waals surface area (Å²) in [6.45, 7) is 10.9. The summed E-state index contributed by atoms with van der Waals surface area (Å²) >= 11 is 0. The minimum Gasteiger partial charge on any atom is -0.359 e. The Morgan fingerprint density at radius 2 is 1.78 bits per heavy atom. The van der Waals surface area contributed by atoms with Crippen LogP contribution in [0.5, 0.6) is 0 Å². The molecule has 0 aliphatic carbocycles. The van der Waals surface area contributed by atoms with Crippen LogP contribution in [-0.2, 0) is 14.3 Å². The van der Waals surface area contributed by atoms with Gasteiger partial charge in [0.1, 0.15) is 12.4 Å². The van der Waals surface area contributed by atoms with Crippen molar-refractivity contribution in [2.24, 2.45) is 11.3 Å². The van der Waals surface area contributed by atoms with Gasteiger partial charge in [0.2, 0.25) is 0 Å². The molecule has 108 valence electrons. The summed E-state index contributed by atoms with van der Waals surface area (Å²) in [6, 6.07) is 0. The van der Waals surface area contributed by atoms with E-state index in [1.165, 1.54) is 0 Å². The van der Waals surface area contributed by atoms with Crippen LogP contribution in [0, 0.1) is 11.3 Å². The number of methoxy groups -OCH3 is 1. The molecule has 18 heavy (non-hydrogen) atoms. The van der Waals surface area contributed by atoms with Crippen molar-refractivity contribution in [2.75, 3.05) is 27.5 Å². The first-order valence-corrected chi connectivity index (χ1v) is 6.46. The fraction of sp³-hybridized carbons (Fsp3) is 0.929. The first kappa shape index (κ1) is 17.6. The number of hydrogen-bond donors (Lipinski definition) is 1. The summed E-state index contributed by atoms with van der Waals surface area (Å²) in [5.41, 5.74) is -0.683. The van der Waals surface area contributed by atoms with Crippen LogP contribution in [0.3, 0.4) is 0 Å². The van der Waals surface area contributed by atoms with Gasteiger partial charge in [-0.15, -0.1) is 0 Å². The first-order valence-electron chi connectivity index (χ1n) is 6.46. The predicted octanol–water partition coefficient (Wildman–Crippen LogP) is 2.23. The maximum Gasteiger partial charge on any atom is 0.168 e. The van der Waals surface area contributed by atoms with Crippen molar-refractivity contribution < 1.29 is 14.3 Å². The normalized spacial score (nSPS) is 14.6. The van der Waals surface area contributed by atoms with E-state index in [0.29, 0.717) is 6.54 Å². The Morgan fingerprint density at radius 3 is 2.17 bits per heavy atom. The molecule has 1 atom stereocenters. The second-order valence-electron chi connectivity index (χ2n) is 6.44. The monoisotopic (exact) mass is 259 g/mol. The molecule has 0 saturated carbocycles. The minimum atomic E-state index is -0.803. The first-order chi connectivity index (χ1) is 8.14. The lowest BCUT2D eigenvalue weighted by atomic mass is 9.79. The third-order valence-electron chi connectivity index (χ3n) is 2.81. The van der Waals surface area contributed by atoms with Gasteiger partial charge in [-0.2, -0.15) is 0 Å². The fourth-order valence-corrected chi connectivity index (χ4v) is 2.01. The summed E-state index contributed by atoms with van der Waals surface area (Å²) in [7, 11) is 3.42. The van der Waals surface area contributed by atoms with Gasteiger partial charge in [0.05, 0.1) is 0 Å². The van der Waals surface area contributed by atoms with Crippen LogP contribution in [0.15, 0.2) is 0 Å². The molecule has 0 heterocycles. The zero-order valence-corrected chi connectivity index (χ0v) is 12.9. The van der Waals surface area contributed by atoms with E-state index in [4.69, 9.17) is 9.47 Å². The van der Waals surface area contributed by atoms with E-state index >= 15 is 0 Å².